The summed E-state index contributed by atoms with van der Waals surface area (Å²) in [5.74, 6) is 1.06. The first-order valence-electron chi connectivity index (χ1n) is 7.69. The van der Waals surface area contributed by atoms with Crippen LogP contribution in [0.5, 0.6) is 0 Å². The van der Waals surface area contributed by atoms with Crippen molar-refractivity contribution in [3.05, 3.63) is 42.5 Å². The number of aromatic amines is 1. The van der Waals surface area contributed by atoms with Crippen LogP contribution in [0.15, 0.2) is 41.1 Å². The third-order valence-electron chi connectivity index (χ3n) is 4.15. The Bertz CT molecular complexity index is 695. The first-order valence-corrected chi connectivity index (χ1v) is 7.69. The molecule has 0 amide bonds. The lowest BCUT2D eigenvalue weighted by atomic mass is 10.3. The van der Waals surface area contributed by atoms with Crippen LogP contribution >= 0.6 is 0 Å². The molecule has 0 aliphatic carbocycles. The molecule has 4 rings (SSSR count). The smallest absolute Gasteiger partial charge is 0.298 e. The number of imidazole rings is 1. The lowest BCUT2D eigenvalue weighted by Gasteiger charge is -2.33. The lowest BCUT2D eigenvalue weighted by molar-refractivity contribution is 0.255. The molecular weight excluding hydrogens is 278 g/mol. The van der Waals surface area contributed by atoms with Crippen molar-refractivity contribution in [2.24, 2.45) is 0 Å². The van der Waals surface area contributed by atoms with Gasteiger partial charge >= 0.3 is 0 Å². The Morgan fingerprint density at radius 3 is 2.77 bits per heavy atom. The maximum absolute atomic E-state index is 5.84. The predicted octanol–water partition coefficient (Wildman–Crippen LogP) is 1.92. The van der Waals surface area contributed by atoms with Gasteiger partial charge in [-0.05, 0) is 12.1 Å². The monoisotopic (exact) mass is 297 g/mol. The van der Waals surface area contributed by atoms with Crippen LogP contribution < -0.4 is 4.90 Å². The van der Waals surface area contributed by atoms with Crippen LogP contribution in [0.25, 0.3) is 11.1 Å². The van der Waals surface area contributed by atoms with E-state index in [-0.39, 0.29) is 0 Å². The molecule has 0 atom stereocenters. The van der Waals surface area contributed by atoms with E-state index in [9.17, 15) is 0 Å². The number of para-hydroxylation sites is 2. The number of fused-ring (bicyclic) bond motifs is 1. The molecule has 114 valence electrons. The average Bonchev–Trinajstić information content (AvgIpc) is 3.22. The second-order valence-corrected chi connectivity index (χ2v) is 5.58. The minimum atomic E-state index is 0.742. The van der Waals surface area contributed by atoms with E-state index in [0.29, 0.717) is 0 Å². The summed E-state index contributed by atoms with van der Waals surface area (Å²) < 4.78 is 5.84. The SMILES string of the molecule is c1ccc2oc(N3CCN(CCc4ncc[nH]4)CC3)nc2c1. The van der Waals surface area contributed by atoms with Crippen LogP contribution in [0.3, 0.4) is 0 Å². The number of hydrogen-bond donors (Lipinski definition) is 1. The standard InChI is InChI=1S/C16H19N5O/c1-2-4-14-13(3-1)19-16(22-14)21-11-9-20(10-12-21)8-5-15-17-6-7-18-15/h1-4,6-7H,5,8-12H2,(H,17,18). The molecule has 6 heteroatoms. The second-order valence-electron chi connectivity index (χ2n) is 5.58. The van der Waals surface area contributed by atoms with E-state index in [2.05, 4.69) is 24.8 Å². The van der Waals surface area contributed by atoms with E-state index in [0.717, 1.165) is 62.1 Å². The van der Waals surface area contributed by atoms with Crippen LogP contribution in [-0.2, 0) is 6.42 Å². The molecule has 2 aromatic heterocycles. The zero-order valence-corrected chi connectivity index (χ0v) is 12.4. The van der Waals surface area contributed by atoms with Gasteiger partial charge in [0.05, 0.1) is 0 Å². The van der Waals surface area contributed by atoms with E-state index < -0.39 is 0 Å². The van der Waals surface area contributed by atoms with Crippen molar-refractivity contribution in [2.45, 2.75) is 6.42 Å². The largest absolute Gasteiger partial charge is 0.423 e. The Labute approximate surface area is 128 Å². The number of H-pyrrole nitrogens is 1. The summed E-state index contributed by atoms with van der Waals surface area (Å²) in [5, 5.41) is 0. The van der Waals surface area contributed by atoms with Gasteiger partial charge < -0.3 is 14.3 Å². The number of anilines is 1. The van der Waals surface area contributed by atoms with Gasteiger partial charge in [0.15, 0.2) is 5.58 Å². The predicted molar refractivity (Wildman–Crippen MR) is 85.0 cm³/mol. The summed E-state index contributed by atoms with van der Waals surface area (Å²) in [6.45, 7) is 4.99. The minimum Gasteiger partial charge on any atom is -0.423 e. The quantitative estimate of drug-likeness (QED) is 0.797. The van der Waals surface area contributed by atoms with Crippen molar-refractivity contribution in [1.82, 2.24) is 19.9 Å². The average molecular weight is 297 g/mol. The van der Waals surface area contributed by atoms with Crippen molar-refractivity contribution in [1.29, 1.82) is 0 Å². The highest BCUT2D eigenvalue weighted by atomic mass is 16.4. The maximum Gasteiger partial charge on any atom is 0.298 e. The summed E-state index contributed by atoms with van der Waals surface area (Å²) in [5.41, 5.74) is 1.79. The Kier molecular flexibility index (Phi) is 3.52. The van der Waals surface area contributed by atoms with Gasteiger partial charge in [-0.25, -0.2) is 4.98 Å². The second kappa shape index (κ2) is 5.81. The molecule has 0 radical (unpaired) electrons. The number of rotatable bonds is 4. The number of piperazine rings is 1. The first kappa shape index (κ1) is 13.3. The molecule has 22 heavy (non-hydrogen) atoms. The molecular formula is C16H19N5O. The number of nitrogens with zero attached hydrogens (tertiary/aromatic N) is 4. The molecule has 1 aliphatic rings. The van der Waals surface area contributed by atoms with Crippen LogP contribution in [0.1, 0.15) is 5.82 Å². The van der Waals surface area contributed by atoms with Crippen molar-refractivity contribution >= 4 is 17.1 Å². The van der Waals surface area contributed by atoms with Crippen LogP contribution in [0, 0.1) is 0 Å². The third-order valence-corrected chi connectivity index (χ3v) is 4.15. The highest BCUT2D eigenvalue weighted by Gasteiger charge is 2.20. The molecule has 1 aliphatic heterocycles. The molecule has 3 aromatic rings. The van der Waals surface area contributed by atoms with Gasteiger partial charge in [-0.1, -0.05) is 12.1 Å². The number of nitrogens with one attached hydrogen (secondary N) is 1. The molecule has 1 fully saturated rings. The van der Waals surface area contributed by atoms with Crippen LogP contribution in [0.2, 0.25) is 0 Å². The highest BCUT2D eigenvalue weighted by molar-refractivity contribution is 5.74. The fourth-order valence-electron chi connectivity index (χ4n) is 2.86. The number of benzene rings is 1. The highest BCUT2D eigenvalue weighted by Crippen LogP contribution is 2.22. The maximum atomic E-state index is 5.84. The van der Waals surface area contributed by atoms with E-state index in [1.807, 2.05) is 30.5 Å². The van der Waals surface area contributed by atoms with Gasteiger partial charge in [0.25, 0.3) is 6.01 Å². The van der Waals surface area contributed by atoms with Crippen LogP contribution in [0.4, 0.5) is 6.01 Å². The van der Waals surface area contributed by atoms with Crippen molar-refractivity contribution < 1.29 is 4.42 Å². The van der Waals surface area contributed by atoms with E-state index in [1.54, 1.807) is 6.20 Å². The van der Waals surface area contributed by atoms with E-state index >= 15 is 0 Å². The normalized spacial score (nSPS) is 16.5. The van der Waals surface area contributed by atoms with Crippen molar-refractivity contribution in [2.75, 3.05) is 37.6 Å². The molecule has 1 N–H and O–H groups in total. The molecule has 0 saturated carbocycles. The molecule has 0 spiro atoms. The molecule has 1 saturated heterocycles. The van der Waals surface area contributed by atoms with E-state index in [1.165, 1.54) is 0 Å². The van der Waals surface area contributed by atoms with Crippen molar-refractivity contribution in [3.8, 4) is 0 Å². The molecule has 3 heterocycles. The van der Waals surface area contributed by atoms with Gasteiger partial charge in [0, 0.05) is 51.5 Å². The number of oxazole rings is 1. The molecule has 0 bridgehead atoms. The zero-order valence-electron chi connectivity index (χ0n) is 12.4. The van der Waals surface area contributed by atoms with Crippen LogP contribution in [-0.4, -0.2) is 52.6 Å². The van der Waals surface area contributed by atoms with Gasteiger partial charge in [-0.2, -0.15) is 4.98 Å². The number of aromatic nitrogens is 3. The fraction of sp³-hybridized carbons (Fsp3) is 0.375. The fourth-order valence-corrected chi connectivity index (χ4v) is 2.86. The first-order chi connectivity index (χ1) is 10.9. The Morgan fingerprint density at radius 2 is 2.00 bits per heavy atom. The summed E-state index contributed by atoms with van der Waals surface area (Å²) in [4.78, 5) is 16.7. The van der Waals surface area contributed by atoms with Gasteiger partial charge in [-0.15, -0.1) is 0 Å². The third kappa shape index (κ3) is 2.69. The summed E-state index contributed by atoms with van der Waals surface area (Å²) in [6.07, 6.45) is 4.65. The van der Waals surface area contributed by atoms with Gasteiger partial charge in [0.2, 0.25) is 0 Å². The van der Waals surface area contributed by atoms with Gasteiger partial charge in [0.1, 0.15) is 11.3 Å². The molecule has 1 aromatic carbocycles. The Morgan fingerprint density at radius 1 is 1.14 bits per heavy atom. The molecule has 6 nitrogen and oxygen atoms in total. The zero-order chi connectivity index (χ0) is 14.8. The molecule has 0 unspecified atom stereocenters. The Balaban J connectivity index is 1.35. The number of hydrogen-bond acceptors (Lipinski definition) is 5. The topological polar surface area (TPSA) is 61.2 Å². The summed E-state index contributed by atoms with van der Waals surface area (Å²) in [6, 6.07) is 8.66. The van der Waals surface area contributed by atoms with E-state index in [4.69, 9.17) is 4.42 Å². The van der Waals surface area contributed by atoms with Crippen molar-refractivity contribution in [3.63, 3.8) is 0 Å². The summed E-state index contributed by atoms with van der Waals surface area (Å²) in [7, 11) is 0. The lowest BCUT2D eigenvalue weighted by Crippen LogP contribution is -2.47. The Hall–Kier alpha value is -2.34. The minimum absolute atomic E-state index is 0.742. The summed E-state index contributed by atoms with van der Waals surface area (Å²) >= 11 is 0. The van der Waals surface area contributed by atoms with Gasteiger partial charge in [-0.3, -0.25) is 4.90 Å².